The summed E-state index contributed by atoms with van der Waals surface area (Å²) in [7, 11) is 0. The van der Waals surface area contributed by atoms with E-state index in [4.69, 9.17) is 37.5 Å². The number of carbonyl (C=O) groups excluding carboxylic acids is 3. The van der Waals surface area contributed by atoms with Gasteiger partial charge >= 0.3 is 11.9 Å². The van der Waals surface area contributed by atoms with Crippen LogP contribution in [-0.2, 0) is 36.7 Å². The zero-order chi connectivity index (χ0) is 24.8. The number of rotatable bonds is 10. The van der Waals surface area contributed by atoms with Crippen molar-refractivity contribution in [3.63, 3.8) is 0 Å². The number of benzene rings is 2. The van der Waals surface area contributed by atoms with E-state index in [9.17, 15) is 14.4 Å². The first kappa shape index (κ1) is 30.8. The summed E-state index contributed by atoms with van der Waals surface area (Å²) in [6.45, 7) is 1.38. The van der Waals surface area contributed by atoms with E-state index in [1.165, 1.54) is 19.1 Å². The Bertz CT molecular complexity index is 881. The molecule has 0 radical (unpaired) electrons. The van der Waals surface area contributed by atoms with Gasteiger partial charge in [-0.15, -0.1) is 12.4 Å². The van der Waals surface area contributed by atoms with E-state index >= 15 is 0 Å². The molecule has 0 saturated heterocycles. The van der Waals surface area contributed by atoms with Gasteiger partial charge in [0.15, 0.2) is 0 Å². The summed E-state index contributed by atoms with van der Waals surface area (Å²) in [5, 5.41) is 9.15. The fraction of sp³-hybridized carbons (Fsp3) is 0.348. The van der Waals surface area contributed by atoms with Gasteiger partial charge in [0.1, 0.15) is 31.0 Å². The molecule has 3 atom stereocenters. The molecular formula is C23H33ClN4O6. The standard InChI is InChI=1S/C14H20N2O5.C9H12N2O.ClH/c1-9(15)13(18)20-6-7-21-14(19)12(16)8-10-2-4-11(17)5-3-10;10-8(9(11)12)6-7-4-2-1-3-5-7;/h2-5,9,12,17H,6-8,15-16H2,1H3;1-5,8H,6,10H2,(H2,11,12);1H/t9-,12+;8-;/m10./s1. The van der Waals surface area contributed by atoms with E-state index in [2.05, 4.69) is 0 Å². The molecule has 0 fully saturated rings. The third-order valence-electron chi connectivity index (χ3n) is 4.30. The molecule has 34 heavy (non-hydrogen) atoms. The molecule has 2 rings (SSSR count). The number of phenolic OH excluding ortho intramolecular Hbond substituents is 1. The van der Waals surface area contributed by atoms with Crippen LogP contribution in [0.25, 0.3) is 0 Å². The van der Waals surface area contributed by atoms with Gasteiger partial charge in [-0.2, -0.15) is 0 Å². The summed E-state index contributed by atoms with van der Waals surface area (Å²) >= 11 is 0. The highest BCUT2D eigenvalue weighted by molar-refractivity contribution is 5.85. The van der Waals surface area contributed by atoms with E-state index in [1.807, 2.05) is 30.3 Å². The number of esters is 2. The zero-order valence-electron chi connectivity index (χ0n) is 19.0. The maximum absolute atomic E-state index is 11.6. The van der Waals surface area contributed by atoms with Gasteiger partial charge < -0.3 is 37.5 Å². The topological polar surface area (TPSA) is 194 Å². The number of nitrogens with two attached hydrogens (primary N) is 4. The lowest BCUT2D eigenvalue weighted by Gasteiger charge is -2.12. The second-order valence-corrected chi connectivity index (χ2v) is 7.30. The van der Waals surface area contributed by atoms with Crippen LogP contribution in [-0.4, -0.2) is 54.3 Å². The summed E-state index contributed by atoms with van der Waals surface area (Å²) in [6, 6.07) is 13.8. The predicted octanol–water partition coefficient (Wildman–Crippen LogP) is 0.159. The first-order valence-electron chi connectivity index (χ1n) is 10.3. The van der Waals surface area contributed by atoms with Crippen LogP contribution in [0.5, 0.6) is 5.75 Å². The molecular weight excluding hydrogens is 464 g/mol. The lowest BCUT2D eigenvalue weighted by atomic mass is 10.1. The van der Waals surface area contributed by atoms with Gasteiger partial charge in [-0.3, -0.25) is 14.4 Å². The van der Waals surface area contributed by atoms with Crippen LogP contribution in [0, 0.1) is 0 Å². The molecule has 188 valence electrons. The average molecular weight is 497 g/mol. The number of ether oxygens (including phenoxy) is 2. The zero-order valence-corrected chi connectivity index (χ0v) is 19.8. The predicted molar refractivity (Wildman–Crippen MR) is 130 cm³/mol. The number of amides is 1. The van der Waals surface area contributed by atoms with Crippen molar-refractivity contribution >= 4 is 30.3 Å². The number of carbonyl (C=O) groups is 3. The van der Waals surface area contributed by atoms with Crippen molar-refractivity contribution in [1.29, 1.82) is 0 Å². The van der Waals surface area contributed by atoms with Crippen molar-refractivity contribution in [2.24, 2.45) is 22.9 Å². The van der Waals surface area contributed by atoms with E-state index in [0.717, 1.165) is 11.1 Å². The van der Waals surface area contributed by atoms with Crippen LogP contribution in [0.15, 0.2) is 54.6 Å². The molecule has 0 aromatic heterocycles. The Morgan fingerprint density at radius 2 is 1.26 bits per heavy atom. The first-order valence-corrected chi connectivity index (χ1v) is 10.3. The normalized spacial score (nSPS) is 12.6. The quantitative estimate of drug-likeness (QED) is 0.225. The van der Waals surface area contributed by atoms with E-state index in [0.29, 0.717) is 12.8 Å². The maximum Gasteiger partial charge on any atom is 0.323 e. The SMILES string of the molecule is C[C@@H](N)C(=O)OCCOC(=O)[C@@H](N)Cc1ccc(O)cc1.Cl.NC(=O)[C@@H](N)Cc1ccccc1. The Morgan fingerprint density at radius 1 is 0.794 bits per heavy atom. The Kier molecular flexibility index (Phi) is 14.9. The Hall–Kier alpha value is -3.18. The molecule has 0 heterocycles. The molecule has 2 aromatic rings. The molecule has 0 saturated carbocycles. The number of primary amides is 1. The van der Waals surface area contributed by atoms with E-state index in [1.54, 1.807) is 12.1 Å². The number of hydrogen-bond donors (Lipinski definition) is 5. The molecule has 0 aliphatic carbocycles. The van der Waals surface area contributed by atoms with Crippen LogP contribution in [0.4, 0.5) is 0 Å². The van der Waals surface area contributed by atoms with Crippen molar-refractivity contribution in [3.05, 3.63) is 65.7 Å². The van der Waals surface area contributed by atoms with Crippen molar-refractivity contribution in [3.8, 4) is 5.75 Å². The number of hydrogen-bond acceptors (Lipinski definition) is 9. The van der Waals surface area contributed by atoms with Crippen LogP contribution < -0.4 is 22.9 Å². The van der Waals surface area contributed by atoms with Crippen LogP contribution >= 0.6 is 12.4 Å². The first-order chi connectivity index (χ1) is 15.6. The molecule has 9 N–H and O–H groups in total. The van der Waals surface area contributed by atoms with Crippen LogP contribution in [0.2, 0.25) is 0 Å². The molecule has 11 heteroatoms. The smallest absolute Gasteiger partial charge is 0.323 e. The van der Waals surface area contributed by atoms with Crippen molar-refractivity contribution in [1.82, 2.24) is 0 Å². The number of aromatic hydroxyl groups is 1. The van der Waals surface area contributed by atoms with Crippen molar-refractivity contribution in [2.45, 2.75) is 37.9 Å². The highest BCUT2D eigenvalue weighted by Crippen LogP contribution is 2.11. The van der Waals surface area contributed by atoms with Gasteiger partial charge in [0.2, 0.25) is 5.91 Å². The Labute approximate surface area is 205 Å². The maximum atomic E-state index is 11.6. The molecule has 0 spiro atoms. The van der Waals surface area contributed by atoms with E-state index < -0.39 is 36.0 Å². The Balaban J connectivity index is 0.000000713. The summed E-state index contributed by atoms with van der Waals surface area (Å²) in [5.74, 6) is -1.45. The fourth-order valence-corrected chi connectivity index (χ4v) is 2.46. The van der Waals surface area contributed by atoms with Gasteiger partial charge in [-0.25, -0.2) is 0 Å². The fourth-order valence-electron chi connectivity index (χ4n) is 2.46. The van der Waals surface area contributed by atoms with Gasteiger partial charge in [-0.1, -0.05) is 42.5 Å². The minimum Gasteiger partial charge on any atom is -0.508 e. The largest absolute Gasteiger partial charge is 0.508 e. The number of phenols is 1. The lowest BCUT2D eigenvalue weighted by Crippen LogP contribution is -2.38. The highest BCUT2D eigenvalue weighted by Gasteiger charge is 2.16. The molecule has 1 amide bonds. The van der Waals surface area contributed by atoms with E-state index in [-0.39, 0.29) is 31.4 Å². The van der Waals surface area contributed by atoms with Crippen molar-refractivity contribution in [2.75, 3.05) is 13.2 Å². The monoisotopic (exact) mass is 496 g/mol. The Morgan fingerprint density at radius 3 is 1.76 bits per heavy atom. The molecule has 0 unspecified atom stereocenters. The lowest BCUT2D eigenvalue weighted by molar-refractivity contribution is -0.153. The van der Waals surface area contributed by atoms with Crippen LogP contribution in [0.3, 0.4) is 0 Å². The second-order valence-electron chi connectivity index (χ2n) is 7.30. The van der Waals surface area contributed by atoms with Gasteiger partial charge in [0, 0.05) is 0 Å². The number of halogens is 1. The van der Waals surface area contributed by atoms with Crippen molar-refractivity contribution < 1.29 is 29.0 Å². The summed E-state index contributed by atoms with van der Waals surface area (Å²) in [6.07, 6.45) is 0.801. The molecule has 0 aliphatic rings. The van der Waals surface area contributed by atoms with Gasteiger partial charge in [-0.05, 0) is 43.0 Å². The minimum absolute atomic E-state index is 0. The molecule has 2 aromatic carbocycles. The van der Waals surface area contributed by atoms with Gasteiger partial charge in [0.05, 0.1) is 6.04 Å². The minimum atomic E-state index is -0.821. The average Bonchev–Trinajstić information content (AvgIpc) is 2.78. The van der Waals surface area contributed by atoms with Gasteiger partial charge in [0.25, 0.3) is 0 Å². The molecule has 0 aliphatic heterocycles. The summed E-state index contributed by atoms with van der Waals surface area (Å²) < 4.78 is 9.65. The summed E-state index contributed by atoms with van der Waals surface area (Å²) in [4.78, 5) is 33.3. The molecule has 10 nitrogen and oxygen atoms in total. The third-order valence-corrected chi connectivity index (χ3v) is 4.30. The third kappa shape index (κ3) is 12.8. The van der Waals surface area contributed by atoms with Crippen LogP contribution in [0.1, 0.15) is 18.1 Å². The highest BCUT2D eigenvalue weighted by atomic mass is 35.5. The summed E-state index contributed by atoms with van der Waals surface area (Å²) in [5.41, 5.74) is 23.3. The second kappa shape index (κ2) is 16.4. The molecule has 0 bridgehead atoms.